The predicted octanol–water partition coefficient (Wildman–Crippen LogP) is 4.75. The van der Waals surface area contributed by atoms with E-state index in [2.05, 4.69) is 6.07 Å². The van der Waals surface area contributed by atoms with Crippen molar-refractivity contribution in [2.45, 2.75) is 57.6 Å². The standard InChI is InChI=1S/C29H38N2O9/c1-18(2)29(17-30,21-10-12-25(36-5)28(39-8)27(21)38-7)14-13-23(40-19(3)32)22(31(33)34)15-20-9-11-24(35-4)26(16-20)37-6/h9-12,16,18,22-23H,13-15H2,1-8H3. The zero-order valence-corrected chi connectivity index (χ0v) is 24.3. The van der Waals surface area contributed by atoms with E-state index in [1.807, 2.05) is 13.8 Å². The first-order valence-electron chi connectivity index (χ1n) is 12.8. The Morgan fingerprint density at radius 1 is 0.950 bits per heavy atom. The molecule has 0 bridgehead atoms. The molecule has 2 rings (SSSR count). The van der Waals surface area contributed by atoms with E-state index in [9.17, 15) is 20.2 Å². The molecule has 11 nitrogen and oxygen atoms in total. The fraction of sp³-hybridized carbons (Fsp3) is 0.517. The maximum absolute atomic E-state index is 12.3. The van der Waals surface area contributed by atoms with E-state index in [4.69, 9.17) is 28.4 Å². The highest BCUT2D eigenvalue weighted by Gasteiger charge is 2.43. The Balaban J connectivity index is 2.54. The Labute approximate surface area is 235 Å². The number of nitrogens with zero attached hydrogens (tertiary/aromatic N) is 2. The van der Waals surface area contributed by atoms with E-state index in [0.29, 0.717) is 39.9 Å². The van der Waals surface area contributed by atoms with E-state index in [1.54, 1.807) is 30.3 Å². The van der Waals surface area contributed by atoms with Gasteiger partial charge in [-0.15, -0.1) is 0 Å². The van der Waals surface area contributed by atoms with Gasteiger partial charge in [-0.1, -0.05) is 19.9 Å². The summed E-state index contributed by atoms with van der Waals surface area (Å²) < 4.78 is 32.7. The molecule has 40 heavy (non-hydrogen) atoms. The predicted molar refractivity (Wildman–Crippen MR) is 147 cm³/mol. The Hall–Kier alpha value is -4.20. The Bertz CT molecular complexity index is 1220. The second-order valence-electron chi connectivity index (χ2n) is 9.55. The Morgan fingerprint density at radius 2 is 1.55 bits per heavy atom. The van der Waals surface area contributed by atoms with Crippen LogP contribution in [0, 0.1) is 27.4 Å². The van der Waals surface area contributed by atoms with E-state index in [-0.39, 0.29) is 25.2 Å². The van der Waals surface area contributed by atoms with Crippen molar-refractivity contribution in [3.63, 3.8) is 0 Å². The lowest BCUT2D eigenvalue weighted by Gasteiger charge is -2.34. The average Bonchev–Trinajstić information content (AvgIpc) is 2.94. The van der Waals surface area contributed by atoms with Crippen LogP contribution in [0.2, 0.25) is 0 Å². The summed E-state index contributed by atoms with van der Waals surface area (Å²) in [5, 5.41) is 22.8. The van der Waals surface area contributed by atoms with Gasteiger partial charge in [0.15, 0.2) is 29.1 Å². The van der Waals surface area contributed by atoms with Crippen LogP contribution in [0.25, 0.3) is 0 Å². The molecule has 0 aromatic heterocycles. The van der Waals surface area contributed by atoms with Crippen molar-refractivity contribution < 1.29 is 38.1 Å². The summed E-state index contributed by atoms with van der Waals surface area (Å²) >= 11 is 0. The van der Waals surface area contributed by atoms with Crippen molar-refractivity contribution in [3.8, 4) is 34.8 Å². The van der Waals surface area contributed by atoms with Gasteiger partial charge >= 0.3 is 5.97 Å². The number of rotatable bonds is 15. The minimum atomic E-state index is -1.28. The second-order valence-corrected chi connectivity index (χ2v) is 9.55. The highest BCUT2D eigenvalue weighted by molar-refractivity contribution is 5.66. The molecule has 2 aromatic rings. The lowest BCUT2D eigenvalue weighted by Crippen LogP contribution is -2.41. The number of carbonyl (C=O) groups excluding carboxylic acids is 1. The molecule has 218 valence electrons. The number of nitro groups is 1. The number of hydrogen-bond donors (Lipinski definition) is 0. The zero-order valence-electron chi connectivity index (χ0n) is 24.3. The molecular weight excluding hydrogens is 520 g/mol. The first-order chi connectivity index (χ1) is 19.0. The molecule has 0 aliphatic rings. The zero-order chi connectivity index (χ0) is 30.0. The normalized spacial score (nSPS) is 13.8. The number of benzene rings is 2. The van der Waals surface area contributed by atoms with Gasteiger partial charge in [0, 0.05) is 23.8 Å². The highest BCUT2D eigenvalue weighted by atomic mass is 16.6. The summed E-state index contributed by atoms with van der Waals surface area (Å²) in [6.07, 6.45) is -0.965. The number of hydrogen-bond acceptors (Lipinski definition) is 10. The van der Waals surface area contributed by atoms with Gasteiger partial charge in [-0.05, 0) is 48.6 Å². The lowest BCUT2D eigenvalue weighted by molar-refractivity contribution is -0.533. The molecule has 0 radical (unpaired) electrons. The summed E-state index contributed by atoms with van der Waals surface area (Å²) in [7, 11) is 7.41. The third-order valence-corrected chi connectivity index (χ3v) is 7.10. The van der Waals surface area contributed by atoms with Gasteiger partial charge in [0.25, 0.3) is 6.04 Å². The van der Waals surface area contributed by atoms with Gasteiger partial charge in [0.1, 0.15) is 0 Å². The number of carbonyl (C=O) groups is 1. The SMILES string of the molecule is COc1ccc(CC(C(CCC(C#N)(c2ccc(OC)c(OC)c2OC)C(C)C)OC(C)=O)[N+](=O)[O-])cc1OC. The van der Waals surface area contributed by atoms with Crippen LogP contribution in [0.15, 0.2) is 30.3 Å². The van der Waals surface area contributed by atoms with Crippen molar-refractivity contribution in [2.24, 2.45) is 5.92 Å². The van der Waals surface area contributed by atoms with E-state index in [0.717, 1.165) is 0 Å². The van der Waals surface area contributed by atoms with E-state index < -0.39 is 28.5 Å². The van der Waals surface area contributed by atoms with Gasteiger partial charge in [-0.25, -0.2) is 0 Å². The molecule has 0 spiro atoms. The van der Waals surface area contributed by atoms with Crippen molar-refractivity contribution in [1.29, 1.82) is 5.26 Å². The third-order valence-electron chi connectivity index (χ3n) is 7.10. The molecule has 0 aliphatic heterocycles. The van der Waals surface area contributed by atoms with Crippen molar-refractivity contribution >= 4 is 5.97 Å². The van der Waals surface area contributed by atoms with Crippen LogP contribution in [-0.2, 0) is 21.4 Å². The molecule has 2 aromatic carbocycles. The summed E-state index contributed by atoms with van der Waals surface area (Å²) in [4.78, 5) is 23.9. The first kappa shape index (κ1) is 32.0. The minimum absolute atomic E-state index is 0.0355. The fourth-order valence-corrected chi connectivity index (χ4v) is 4.94. The molecule has 0 heterocycles. The fourth-order valence-electron chi connectivity index (χ4n) is 4.94. The van der Waals surface area contributed by atoms with E-state index >= 15 is 0 Å². The van der Waals surface area contributed by atoms with Crippen molar-refractivity contribution in [1.82, 2.24) is 0 Å². The highest BCUT2D eigenvalue weighted by Crippen LogP contribution is 2.48. The maximum Gasteiger partial charge on any atom is 0.303 e. The monoisotopic (exact) mass is 558 g/mol. The van der Waals surface area contributed by atoms with Crippen LogP contribution in [0.1, 0.15) is 44.7 Å². The summed E-state index contributed by atoms with van der Waals surface area (Å²) in [6.45, 7) is 4.97. The summed E-state index contributed by atoms with van der Waals surface area (Å²) in [6, 6.07) is 9.59. The lowest BCUT2D eigenvalue weighted by atomic mass is 9.68. The smallest absolute Gasteiger partial charge is 0.303 e. The number of esters is 1. The van der Waals surface area contributed by atoms with Crippen molar-refractivity contribution in [2.75, 3.05) is 35.5 Å². The maximum atomic E-state index is 12.3. The van der Waals surface area contributed by atoms with Crippen LogP contribution in [-0.4, -0.2) is 58.6 Å². The average molecular weight is 559 g/mol. The Morgan fingerprint density at radius 3 is 2.02 bits per heavy atom. The van der Waals surface area contributed by atoms with Crippen LogP contribution < -0.4 is 23.7 Å². The summed E-state index contributed by atoms with van der Waals surface area (Å²) in [5.74, 6) is 1.10. The second kappa shape index (κ2) is 14.3. The number of methoxy groups -OCH3 is 5. The first-order valence-corrected chi connectivity index (χ1v) is 12.8. The molecular formula is C29H38N2O9. The number of ether oxygens (including phenoxy) is 6. The molecule has 3 unspecified atom stereocenters. The molecule has 0 aliphatic carbocycles. The Kier molecular flexibility index (Phi) is 11.4. The number of nitriles is 1. The molecule has 0 saturated heterocycles. The molecule has 3 atom stereocenters. The molecule has 0 saturated carbocycles. The molecule has 0 fully saturated rings. The topological polar surface area (TPSA) is 139 Å². The van der Waals surface area contributed by atoms with Gasteiger partial charge in [0.2, 0.25) is 5.75 Å². The molecule has 0 N–H and O–H groups in total. The van der Waals surface area contributed by atoms with Gasteiger partial charge in [-0.3, -0.25) is 14.9 Å². The molecule has 11 heteroatoms. The largest absolute Gasteiger partial charge is 0.493 e. The third kappa shape index (κ3) is 6.86. The minimum Gasteiger partial charge on any atom is -0.493 e. The quantitative estimate of drug-likeness (QED) is 0.171. The van der Waals surface area contributed by atoms with Crippen LogP contribution in [0.5, 0.6) is 28.7 Å². The molecule has 0 amide bonds. The van der Waals surface area contributed by atoms with Crippen molar-refractivity contribution in [3.05, 3.63) is 51.6 Å². The van der Waals surface area contributed by atoms with Gasteiger partial charge < -0.3 is 28.4 Å². The van der Waals surface area contributed by atoms with Gasteiger partial charge in [-0.2, -0.15) is 5.26 Å². The van der Waals surface area contributed by atoms with Gasteiger partial charge in [0.05, 0.1) is 47.0 Å². The van der Waals surface area contributed by atoms with Crippen LogP contribution in [0.3, 0.4) is 0 Å². The van der Waals surface area contributed by atoms with E-state index in [1.165, 1.54) is 42.5 Å². The van der Waals surface area contributed by atoms with Crippen LogP contribution >= 0.6 is 0 Å². The van der Waals surface area contributed by atoms with Crippen LogP contribution in [0.4, 0.5) is 0 Å². The summed E-state index contributed by atoms with van der Waals surface area (Å²) in [5.41, 5.74) is -0.00827.